The highest BCUT2D eigenvalue weighted by Gasteiger charge is 2.26. The van der Waals surface area contributed by atoms with Crippen molar-refractivity contribution in [2.75, 3.05) is 6.54 Å². The minimum Gasteiger partial charge on any atom is -0.340 e. The van der Waals surface area contributed by atoms with Gasteiger partial charge in [0.15, 0.2) is 5.69 Å². The van der Waals surface area contributed by atoms with Crippen LogP contribution in [0.4, 0.5) is 4.39 Å². The van der Waals surface area contributed by atoms with Crippen LogP contribution in [0, 0.1) is 18.2 Å². The topological polar surface area (TPSA) is 46.9 Å². The van der Waals surface area contributed by atoms with Gasteiger partial charge in [0.2, 0.25) is 0 Å². The Bertz CT molecular complexity index is 725. The molecule has 2 aromatic rings. The van der Waals surface area contributed by atoms with Crippen LogP contribution in [0.25, 0.3) is 5.69 Å². The predicted octanol–water partition coefficient (Wildman–Crippen LogP) is 1.86. The van der Waals surface area contributed by atoms with E-state index in [4.69, 9.17) is 6.42 Å². The Morgan fingerprint density at radius 3 is 2.86 bits per heavy atom. The van der Waals surface area contributed by atoms with Gasteiger partial charge in [-0.1, -0.05) is 5.92 Å². The maximum atomic E-state index is 13.0. The maximum absolute atomic E-state index is 13.0. The lowest BCUT2D eigenvalue weighted by molar-refractivity contribution is 0.0952. The zero-order valence-corrected chi connectivity index (χ0v) is 11.4. The Hall–Kier alpha value is -2.61. The third kappa shape index (κ3) is 2.40. The number of halogens is 1. The van der Waals surface area contributed by atoms with E-state index in [0.29, 0.717) is 5.69 Å². The molecule has 1 N–H and O–H groups in total. The molecule has 0 aliphatic heterocycles. The first-order valence-electron chi connectivity index (χ1n) is 6.79. The van der Waals surface area contributed by atoms with Gasteiger partial charge in [0.05, 0.1) is 12.2 Å². The van der Waals surface area contributed by atoms with Gasteiger partial charge < -0.3 is 5.32 Å². The molecule has 1 heterocycles. The molecule has 0 saturated heterocycles. The van der Waals surface area contributed by atoms with Crippen molar-refractivity contribution in [3.05, 3.63) is 47.0 Å². The maximum Gasteiger partial charge on any atom is 0.272 e. The highest BCUT2D eigenvalue weighted by atomic mass is 19.1. The summed E-state index contributed by atoms with van der Waals surface area (Å²) >= 11 is 0. The standard InChI is InChI=1S/C16H14FN3O/c1-2-10-18-16(21)15-13-4-3-5-14(13)20(19-15)12-8-6-11(17)7-9-12/h1,6-9H,3-5,10H2,(H,18,21). The minimum absolute atomic E-state index is 0.178. The zero-order chi connectivity index (χ0) is 14.8. The molecule has 0 fully saturated rings. The fraction of sp³-hybridized carbons (Fsp3) is 0.250. The first-order chi connectivity index (χ1) is 10.2. The summed E-state index contributed by atoms with van der Waals surface area (Å²) in [6.45, 7) is 0.178. The molecular formula is C16H14FN3O. The molecule has 5 heteroatoms. The van der Waals surface area contributed by atoms with Crippen LogP contribution in [-0.2, 0) is 12.8 Å². The van der Waals surface area contributed by atoms with E-state index >= 15 is 0 Å². The molecule has 1 aromatic heterocycles. The summed E-state index contributed by atoms with van der Waals surface area (Å²) in [6.07, 6.45) is 7.83. The molecule has 0 atom stereocenters. The van der Waals surface area contributed by atoms with Gasteiger partial charge in [-0.25, -0.2) is 9.07 Å². The third-order valence-corrected chi connectivity index (χ3v) is 3.57. The van der Waals surface area contributed by atoms with Crippen molar-refractivity contribution >= 4 is 5.91 Å². The molecule has 0 unspecified atom stereocenters. The second-order valence-electron chi connectivity index (χ2n) is 4.90. The van der Waals surface area contributed by atoms with Crippen LogP contribution < -0.4 is 5.32 Å². The third-order valence-electron chi connectivity index (χ3n) is 3.57. The molecule has 1 aliphatic carbocycles. The summed E-state index contributed by atoms with van der Waals surface area (Å²) in [6, 6.07) is 6.08. The van der Waals surface area contributed by atoms with Crippen LogP contribution >= 0.6 is 0 Å². The van der Waals surface area contributed by atoms with Crippen molar-refractivity contribution in [1.29, 1.82) is 0 Å². The number of fused-ring (bicyclic) bond motifs is 1. The van der Waals surface area contributed by atoms with Crippen molar-refractivity contribution < 1.29 is 9.18 Å². The van der Waals surface area contributed by atoms with E-state index in [1.165, 1.54) is 12.1 Å². The second kappa shape index (κ2) is 5.41. The first kappa shape index (κ1) is 13.4. The first-order valence-corrected chi connectivity index (χ1v) is 6.79. The Balaban J connectivity index is 2.01. The largest absolute Gasteiger partial charge is 0.340 e. The van der Waals surface area contributed by atoms with Crippen molar-refractivity contribution in [1.82, 2.24) is 15.1 Å². The molecule has 1 amide bonds. The summed E-state index contributed by atoms with van der Waals surface area (Å²) in [5.41, 5.74) is 3.16. The number of rotatable bonds is 3. The lowest BCUT2D eigenvalue weighted by Crippen LogP contribution is -2.25. The number of carbonyl (C=O) groups is 1. The number of carbonyl (C=O) groups excluding carboxylic acids is 1. The summed E-state index contributed by atoms with van der Waals surface area (Å²) in [5.74, 6) is 1.82. The van der Waals surface area contributed by atoms with E-state index in [9.17, 15) is 9.18 Å². The van der Waals surface area contributed by atoms with Gasteiger partial charge in [-0.3, -0.25) is 4.79 Å². The summed E-state index contributed by atoms with van der Waals surface area (Å²) in [5, 5.41) is 7.04. The molecule has 3 rings (SSSR count). The Morgan fingerprint density at radius 2 is 2.14 bits per heavy atom. The lowest BCUT2D eigenvalue weighted by Gasteiger charge is -2.05. The van der Waals surface area contributed by atoms with Crippen LogP contribution in [0.5, 0.6) is 0 Å². The second-order valence-corrected chi connectivity index (χ2v) is 4.90. The van der Waals surface area contributed by atoms with E-state index in [0.717, 1.165) is 36.2 Å². The van der Waals surface area contributed by atoms with Crippen LogP contribution in [0.15, 0.2) is 24.3 Å². The number of amides is 1. The van der Waals surface area contributed by atoms with Gasteiger partial charge in [-0.05, 0) is 43.5 Å². The van der Waals surface area contributed by atoms with Gasteiger partial charge in [0.1, 0.15) is 5.82 Å². The highest BCUT2D eigenvalue weighted by molar-refractivity contribution is 5.94. The number of nitrogens with zero attached hydrogens (tertiary/aromatic N) is 2. The molecule has 21 heavy (non-hydrogen) atoms. The van der Waals surface area contributed by atoms with Crippen LogP contribution in [0.2, 0.25) is 0 Å². The van der Waals surface area contributed by atoms with Gasteiger partial charge in [0.25, 0.3) is 5.91 Å². The van der Waals surface area contributed by atoms with Crippen LogP contribution in [0.3, 0.4) is 0 Å². The zero-order valence-electron chi connectivity index (χ0n) is 11.4. The summed E-state index contributed by atoms with van der Waals surface area (Å²) in [7, 11) is 0. The monoisotopic (exact) mass is 283 g/mol. The molecule has 1 aromatic carbocycles. The number of hydrogen-bond acceptors (Lipinski definition) is 2. The Morgan fingerprint density at radius 1 is 1.38 bits per heavy atom. The van der Waals surface area contributed by atoms with Crippen LogP contribution in [-0.4, -0.2) is 22.2 Å². The predicted molar refractivity (Wildman–Crippen MR) is 76.7 cm³/mol. The van der Waals surface area contributed by atoms with E-state index < -0.39 is 0 Å². The number of nitrogens with one attached hydrogen (secondary N) is 1. The molecule has 0 bridgehead atoms. The van der Waals surface area contributed by atoms with E-state index in [-0.39, 0.29) is 18.3 Å². The van der Waals surface area contributed by atoms with Gasteiger partial charge in [-0.2, -0.15) is 5.10 Å². The van der Waals surface area contributed by atoms with Gasteiger partial charge in [-0.15, -0.1) is 6.42 Å². The average Bonchev–Trinajstić information content (AvgIpc) is 3.08. The smallest absolute Gasteiger partial charge is 0.272 e. The van der Waals surface area contributed by atoms with Crippen molar-refractivity contribution in [2.45, 2.75) is 19.3 Å². The number of hydrogen-bond donors (Lipinski definition) is 1. The fourth-order valence-electron chi connectivity index (χ4n) is 2.63. The van der Waals surface area contributed by atoms with Gasteiger partial charge >= 0.3 is 0 Å². The molecule has 0 radical (unpaired) electrons. The average molecular weight is 283 g/mol. The Labute approximate surface area is 122 Å². The van der Waals surface area contributed by atoms with Crippen molar-refractivity contribution in [2.24, 2.45) is 0 Å². The van der Waals surface area contributed by atoms with E-state index in [1.807, 2.05) is 0 Å². The fourth-order valence-corrected chi connectivity index (χ4v) is 2.63. The van der Waals surface area contributed by atoms with E-state index in [1.54, 1.807) is 16.8 Å². The summed E-state index contributed by atoms with van der Waals surface area (Å²) < 4.78 is 14.8. The van der Waals surface area contributed by atoms with Gasteiger partial charge in [0, 0.05) is 11.3 Å². The quantitative estimate of drug-likeness (QED) is 0.874. The highest BCUT2D eigenvalue weighted by Crippen LogP contribution is 2.27. The number of aromatic nitrogens is 2. The molecule has 106 valence electrons. The number of terminal acetylenes is 1. The van der Waals surface area contributed by atoms with Crippen molar-refractivity contribution in [3.8, 4) is 18.0 Å². The molecular weight excluding hydrogens is 269 g/mol. The number of benzene rings is 1. The normalized spacial score (nSPS) is 12.8. The molecule has 4 nitrogen and oxygen atoms in total. The molecule has 0 saturated carbocycles. The van der Waals surface area contributed by atoms with Crippen molar-refractivity contribution in [3.63, 3.8) is 0 Å². The lowest BCUT2D eigenvalue weighted by atomic mass is 10.2. The van der Waals surface area contributed by atoms with E-state index in [2.05, 4.69) is 16.3 Å². The molecule has 0 spiro atoms. The summed E-state index contributed by atoms with van der Waals surface area (Å²) in [4.78, 5) is 12.1. The minimum atomic E-state index is -0.297. The Kier molecular flexibility index (Phi) is 3.44. The SMILES string of the molecule is C#CCNC(=O)c1nn(-c2ccc(F)cc2)c2c1CCC2. The van der Waals surface area contributed by atoms with Crippen LogP contribution in [0.1, 0.15) is 28.2 Å². The molecule has 1 aliphatic rings.